The Hall–Kier alpha value is -1.22. The number of hydrogen-bond donors (Lipinski definition) is 1. The van der Waals surface area contributed by atoms with Crippen molar-refractivity contribution >= 4 is 0 Å². The molecule has 1 unspecified atom stereocenters. The molecule has 3 nitrogen and oxygen atoms in total. The summed E-state index contributed by atoms with van der Waals surface area (Å²) in [7, 11) is 0. The first kappa shape index (κ1) is 9.97. The first-order chi connectivity index (χ1) is 7.84. The van der Waals surface area contributed by atoms with Crippen molar-refractivity contribution in [3.8, 4) is 11.5 Å². The van der Waals surface area contributed by atoms with E-state index in [-0.39, 0.29) is 5.75 Å². The zero-order valence-corrected chi connectivity index (χ0v) is 9.35. The third-order valence-corrected chi connectivity index (χ3v) is 3.58. The summed E-state index contributed by atoms with van der Waals surface area (Å²) in [5, 5.41) is 9.40. The average Bonchev–Trinajstić information content (AvgIpc) is 2.73. The van der Waals surface area contributed by atoms with Crippen molar-refractivity contribution in [2.75, 3.05) is 19.7 Å². The maximum atomic E-state index is 9.40. The molecule has 1 fully saturated rings. The summed E-state index contributed by atoms with van der Waals surface area (Å²) in [6.07, 6.45) is 3.94. The molecule has 1 aromatic rings. The number of phenols is 1. The Labute approximate surface area is 95.6 Å². The molecule has 1 aromatic carbocycles. The second-order valence-corrected chi connectivity index (χ2v) is 4.65. The van der Waals surface area contributed by atoms with E-state index in [0.717, 1.165) is 12.4 Å². The van der Waals surface area contributed by atoms with Gasteiger partial charge in [-0.15, -0.1) is 0 Å². The van der Waals surface area contributed by atoms with E-state index in [1.807, 2.05) is 6.07 Å². The van der Waals surface area contributed by atoms with Crippen LogP contribution in [0.3, 0.4) is 0 Å². The second kappa shape index (κ2) is 3.98. The summed E-state index contributed by atoms with van der Waals surface area (Å²) in [6, 6.07) is 5.87. The molecule has 1 saturated heterocycles. The van der Waals surface area contributed by atoms with Gasteiger partial charge in [0.25, 0.3) is 0 Å². The Bertz CT molecular complexity index is 386. The predicted molar refractivity (Wildman–Crippen MR) is 61.8 cm³/mol. The lowest BCUT2D eigenvalue weighted by atomic mass is 10.0. The molecule has 16 heavy (non-hydrogen) atoms. The Kier molecular flexibility index (Phi) is 2.48. The summed E-state index contributed by atoms with van der Waals surface area (Å²) in [6.45, 7) is 3.08. The molecule has 3 heteroatoms. The maximum absolute atomic E-state index is 9.40. The number of hydrogen-bond acceptors (Lipinski definition) is 3. The summed E-state index contributed by atoms with van der Waals surface area (Å²) < 4.78 is 5.64. The number of ether oxygens (including phenoxy) is 1. The lowest BCUT2D eigenvalue weighted by Crippen LogP contribution is -2.34. The fourth-order valence-corrected chi connectivity index (χ4v) is 2.71. The Morgan fingerprint density at radius 1 is 1.19 bits per heavy atom. The SMILES string of the molecule is Oc1ccc2c(c1)OCC2N1CCCCC1. The van der Waals surface area contributed by atoms with Crippen molar-refractivity contribution in [2.45, 2.75) is 25.3 Å². The topological polar surface area (TPSA) is 32.7 Å². The lowest BCUT2D eigenvalue weighted by molar-refractivity contribution is 0.138. The van der Waals surface area contributed by atoms with Crippen molar-refractivity contribution in [3.05, 3.63) is 23.8 Å². The third kappa shape index (κ3) is 1.65. The average molecular weight is 219 g/mol. The first-order valence-electron chi connectivity index (χ1n) is 6.04. The quantitative estimate of drug-likeness (QED) is 0.786. The molecule has 1 N–H and O–H groups in total. The Balaban J connectivity index is 1.84. The molecule has 3 rings (SSSR count). The molecule has 2 heterocycles. The van der Waals surface area contributed by atoms with Crippen molar-refractivity contribution < 1.29 is 9.84 Å². The van der Waals surface area contributed by atoms with E-state index in [2.05, 4.69) is 4.90 Å². The molecule has 0 radical (unpaired) electrons. The van der Waals surface area contributed by atoms with Crippen LogP contribution in [0, 0.1) is 0 Å². The summed E-state index contributed by atoms with van der Waals surface area (Å²) >= 11 is 0. The van der Waals surface area contributed by atoms with Crippen LogP contribution in [0.2, 0.25) is 0 Å². The van der Waals surface area contributed by atoms with Gasteiger partial charge in [-0.05, 0) is 38.1 Å². The first-order valence-corrected chi connectivity index (χ1v) is 6.04. The number of aromatic hydroxyl groups is 1. The van der Waals surface area contributed by atoms with Gasteiger partial charge in [0.1, 0.15) is 18.1 Å². The molecule has 2 aliphatic heterocycles. The van der Waals surface area contributed by atoms with Gasteiger partial charge in [-0.1, -0.05) is 6.42 Å². The van der Waals surface area contributed by atoms with Crippen LogP contribution in [-0.4, -0.2) is 29.7 Å². The van der Waals surface area contributed by atoms with Crippen LogP contribution in [0.1, 0.15) is 30.9 Å². The van der Waals surface area contributed by atoms with Gasteiger partial charge in [-0.3, -0.25) is 4.90 Å². The monoisotopic (exact) mass is 219 g/mol. The highest BCUT2D eigenvalue weighted by Gasteiger charge is 2.30. The summed E-state index contributed by atoms with van der Waals surface area (Å²) in [4.78, 5) is 2.51. The predicted octanol–water partition coefficient (Wildman–Crippen LogP) is 2.31. The van der Waals surface area contributed by atoms with Crippen LogP contribution in [0.4, 0.5) is 0 Å². The molecule has 0 bridgehead atoms. The third-order valence-electron chi connectivity index (χ3n) is 3.58. The van der Waals surface area contributed by atoms with Crippen LogP contribution < -0.4 is 4.74 Å². The number of nitrogens with zero attached hydrogens (tertiary/aromatic N) is 1. The smallest absolute Gasteiger partial charge is 0.127 e. The fourth-order valence-electron chi connectivity index (χ4n) is 2.71. The highest BCUT2D eigenvalue weighted by atomic mass is 16.5. The molecule has 0 amide bonds. The zero-order chi connectivity index (χ0) is 11.0. The van der Waals surface area contributed by atoms with Gasteiger partial charge < -0.3 is 9.84 Å². The van der Waals surface area contributed by atoms with E-state index in [1.54, 1.807) is 12.1 Å². The van der Waals surface area contributed by atoms with Crippen LogP contribution in [0.25, 0.3) is 0 Å². The van der Waals surface area contributed by atoms with Gasteiger partial charge in [0.15, 0.2) is 0 Å². The van der Waals surface area contributed by atoms with Crippen molar-refractivity contribution in [3.63, 3.8) is 0 Å². The van der Waals surface area contributed by atoms with E-state index in [0.29, 0.717) is 6.04 Å². The maximum Gasteiger partial charge on any atom is 0.127 e. The number of benzene rings is 1. The van der Waals surface area contributed by atoms with Crippen LogP contribution in [0.15, 0.2) is 18.2 Å². The summed E-state index contributed by atoms with van der Waals surface area (Å²) in [5.41, 5.74) is 1.24. The van der Waals surface area contributed by atoms with Gasteiger partial charge in [0.2, 0.25) is 0 Å². The van der Waals surface area contributed by atoms with Crippen LogP contribution >= 0.6 is 0 Å². The molecular weight excluding hydrogens is 202 g/mol. The molecule has 0 saturated carbocycles. The lowest BCUT2D eigenvalue weighted by Gasteiger charge is -2.31. The van der Waals surface area contributed by atoms with Crippen molar-refractivity contribution in [1.29, 1.82) is 0 Å². The van der Waals surface area contributed by atoms with Gasteiger partial charge in [0, 0.05) is 11.6 Å². The molecule has 86 valence electrons. The van der Waals surface area contributed by atoms with E-state index >= 15 is 0 Å². The standard InChI is InChI=1S/C13H17NO2/c15-10-4-5-11-12(9-16-13(11)8-10)14-6-2-1-3-7-14/h4-5,8,12,15H,1-3,6-7,9H2. The number of likely N-dealkylation sites (tertiary alicyclic amines) is 1. The molecule has 0 aromatic heterocycles. The summed E-state index contributed by atoms with van der Waals surface area (Å²) in [5.74, 6) is 1.15. The molecule has 1 atom stereocenters. The molecular formula is C13H17NO2. The molecule has 0 spiro atoms. The minimum Gasteiger partial charge on any atom is -0.508 e. The highest BCUT2D eigenvalue weighted by molar-refractivity contribution is 5.44. The van der Waals surface area contributed by atoms with E-state index in [4.69, 9.17) is 4.74 Å². The van der Waals surface area contributed by atoms with Gasteiger partial charge in [-0.2, -0.15) is 0 Å². The highest BCUT2D eigenvalue weighted by Crippen LogP contribution is 2.38. The van der Waals surface area contributed by atoms with E-state index in [9.17, 15) is 5.11 Å². The largest absolute Gasteiger partial charge is 0.508 e. The van der Waals surface area contributed by atoms with E-state index < -0.39 is 0 Å². The Morgan fingerprint density at radius 3 is 2.81 bits per heavy atom. The number of rotatable bonds is 1. The van der Waals surface area contributed by atoms with Gasteiger partial charge in [0.05, 0.1) is 6.04 Å². The fraction of sp³-hybridized carbons (Fsp3) is 0.538. The number of fused-ring (bicyclic) bond motifs is 1. The second-order valence-electron chi connectivity index (χ2n) is 4.65. The Morgan fingerprint density at radius 2 is 2.00 bits per heavy atom. The normalized spacial score (nSPS) is 25.1. The molecule has 2 aliphatic rings. The number of piperidine rings is 1. The minimum atomic E-state index is 0.290. The van der Waals surface area contributed by atoms with Crippen molar-refractivity contribution in [2.24, 2.45) is 0 Å². The van der Waals surface area contributed by atoms with Crippen LogP contribution in [0.5, 0.6) is 11.5 Å². The van der Waals surface area contributed by atoms with E-state index in [1.165, 1.54) is 37.9 Å². The number of phenolic OH excluding ortho intramolecular Hbond substituents is 1. The zero-order valence-electron chi connectivity index (χ0n) is 9.35. The van der Waals surface area contributed by atoms with Gasteiger partial charge >= 0.3 is 0 Å². The minimum absolute atomic E-state index is 0.290. The van der Waals surface area contributed by atoms with Crippen LogP contribution in [-0.2, 0) is 0 Å². The van der Waals surface area contributed by atoms with Crippen molar-refractivity contribution in [1.82, 2.24) is 4.90 Å². The molecule has 0 aliphatic carbocycles. The van der Waals surface area contributed by atoms with Gasteiger partial charge in [-0.25, -0.2) is 0 Å².